The molecule has 0 unspecified atom stereocenters. The molecule has 1 heterocycles. The first-order chi connectivity index (χ1) is 11.1. The van der Waals surface area contributed by atoms with Crippen LogP contribution in [0, 0.1) is 0 Å². The fourth-order valence-electron chi connectivity index (χ4n) is 2.17. The quantitative estimate of drug-likeness (QED) is 0.443. The van der Waals surface area contributed by atoms with Gasteiger partial charge in [0.05, 0.1) is 11.2 Å². The van der Waals surface area contributed by atoms with E-state index in [-0.39, 0.29) is 5.91 Å². The number of carbonyl (C=O) groups excluding carboxylic acids is 1. The van der Waals surface area contributed by atoms with E-state index in [4.69, 9.17) is 5.73 Å². The van der Waals surface area contributed by atoms with E-state index < -0.39 is 0 Å². The molecule has 0 fully saturated rings. The lowest BCUT2D eigenvalue weighted by Gasteiger charge is -2.04. The Bertz CT molecular complexity index is 885. The summed E-state index contributed by atoms with van der Waals surface area (Å²) in [5, 5.41) is 5.11. The summed E-state index contributed by atoms with van der Waals surface area (Å²) in [6.07, 6.45) is 0. The zero-order valence-corrected chi connectivity index (χ0v) is 12.7. The molecule has 3 N–H and O–H groups in total. The number of nitrogens with one attached hydrogen (secondary N) is 1. The van der Waals surface area contributed by atoms with E-state index in [0.29, 0.717) is 17.1 Å². The maximum atomic E-state index is 12.2. The molecular weight excluding hydrogens is 288 g/mol. The lowest BCUT2D eigenvalue weighted by molar-refractivity contribution is 0.0950. The molecule has 0 bridgehead atoms. The van der Waals surface area contributed by atoms with Gasteiger partial charge in [0, 0.05) is 11.1 Å². The lowest BCUT2D eigenvalue weighted by Crippen LogP contribution is -2.20. The van der Waals surface area contributed by atoms with Gasteiger partial charge in [-0.15, -0.1) is 0 Å². The molecule has 23 heavy (non-hydrogen) atoms. The molecule has 3 rings (SSSR count). The molecule has 5 heteroatoms. The summed E-state index contributed by atoms with van der Waals surface area (Å²) in [5.41, 5.74) is 11.6. The average molecular weight is 304 g/mol. The number of aromatic nitrogens is 1. The Kier molecular flexibility index (Phi) is 4.01. The van der Waals surface area contributed by atoms with Gasteiger partial charge in [-0.25, -0.2) is 10.4 Å². The highest BCUT2D eigenvalue weighted by molar-refractivity contribution is 6.01. The first-order valence-corrected chi connectivity index (χ1v) is 7.20. The minimum Gasteiger partial charge on any atom is -0.399 e. The lowest BCUT2D eigenvalue weighted by atomic mass is 10.1. The van der Waals surface area contributed by atoms with Crippen LogP contribution in [-0.4, -0.2) is 16.6 Å². The number of nitrogen functional groups attached to an aromatic ring is 1. The largest absolute Gasteiger partial charge is 0.399 e. The molecule has 2 aromatic carbocycles. The average Bonchev–Trinajstić information content (AvgIpc) is 2.59. The van der Waals surface area contributed by atoms with Crippen LogP contribution in [-0.2, 0) is 0 Å². The highest BCUT2D eigenvalue weighted by Gasteiger charge is 2.07. The van der Waals surface area contributed by atoms with Gasteiger partial charge in [-0.3, -0.25) is 4.79 Å². The van der Waals surface area contributed by atoms with Crippen LogP contribution < -0.4 is 11.2 Å². The minimum atomic E-state index is -0.342. The van der Waals surface area contributed by atoms with Crippen LogP contribution in [0.15, 0.2) is 65.8 Å². The summed E-state index contributed by atoms with van der Waals surface area (Å²) in [7, 11) is 0. The number of anilines is 1. The molecule has 0 aliphatic heterocycles. The second-order valence-corrected chi connectivity index (χ2v) is 5.15. The van der Waals surface area contributed by atoms with Crippen LogP contribution in [0.2, 0.25) is 0 Å². The van der Waals surface area contributed by atoms with Gasteiger partial charge in [0.2, 0.25) is 0 Å². The number of carbonyl (C=O) groups is 1. The molecule has 3 aromatic rings. The topological polar surface area (TPSA) is 80.4 Å². The van der Waals surface area contributed by atoms with Crippen molar-refractivity contribution >= 4 is 28.2 Å². The van der Waals surface area contributed by atoms with E-state index in [1.54, 1.807) is 18.2 Å². The number of para-hydroxylation sites is 1. The Labute approximate surface area is 133 Å². The number of pyridine rings is 1. The van der Waals surface area contributed by atoms with E-state index in [9.17, 15) is 4.79 Å². The predicted molar refractivity (Wildman–Crippen MR) is 92.3 cm³/mol. The van der Waals surface area contributed by atoms with Gasteiger partial charge in [0.1, 0.15) is 5.69 Å². The van der Waals surface area contributed by atoms with Gasteiger partial charge in [0.15, 0.2) is 0 Å². The molecular formula is C18H16N4O. The summed E-state index contributed by atoms with van der Waals surface area (Å²) in [4.78, 5) is 16.5. The number of amides is 1. The maximum Gasteiger partial charge on any atom is 0.289 e. The smallest absolute Gasteiger partial charge is 0.289 e. The number of fused-ring (bicyclic) bond motifs is 1. The van der Waals surface area contributed by atoms with Gasteiger partial charge in [-0.2, -0.15) is 5.10 Å². The molecule has 0 aliphatic carbocycles. The minimum absolute atomic E-state index is 0.331. The third kappa shape index (κ3) is 3.35. The second-order valence-electron chi connectivity index (χ2n) is 5.15. The predicted octanol–water partition coefficient (Wildman–Crippen LogP) is 2.97. The summed E-state index contributed by atoms with van der Waals surface area (Å²) in [5.74, 6) is -0.342. The monoisotopic (exact) mass is 304 g/mol. The second kappa shape index (κ2) is 6.27. The van der Waals surface area contributed by atoms with Crippen LogP contribution in [0.25, 0.3) is 10.9 Å². The van der Waals surface area contributed by atoms with Crippen molar-refractivity contribution in [2.45, 2.75) is 6.92 Å². The van der Waals surface area contributed by atoms with Crippen LogP contribution in [0.4, 0.5) is 5.69 Å². The normalized spacial score (nSPS) is 11.4. The van der Waals surface area contributed by atoms with Gasteiger partial charge in [-0.05, 0) is 36.8 Å². The fraction of sp³-hybridized carbons (Fsp3) is 0.0556. The van der Waals surface area contributed by atoms with Gasteiger partial charge < -0.3 is 5.73 Å². The summed E-state index contributed by atoms with van der Waals surface area (Å²) in [6, 6.07) is 18.5. The highest BCUT2D eigenvalue weighted by Crippen LogP contribution is 2.12. The zero-order chi connectivity index (χ0) is 16.2. The fourth-order valence-corrected chi connectivity index (χ4v) is 2.17. The van der Waals surface area contributed by atoms with Crippen molar-refractivity contribution in [1.29, 1.82) is 0 Å². The van der Waals surface area contributed by atoms with Crippen LogP contribution in [0.3, 0.4) is 0 Å². The van der Waals surface area contributed by atoms with Crippen molar-refractivity contribution < 1.29 is 4.79 Å². The SMILES string of the molecule is CC(=NNC(=O)c1ccc2ccccc2n1)c1ccc(N)cc1. The number of nitrogens with two attached hydrogens (primary N) is 1. The Hall–Kier alpha value is -3.21. The van der Waals surface area contributed by atoms with Gasteiger partial charge in [0.25, 0.3) is 5.91 Å². The molecule has 1 amide bonds. The molecule has 0 spiro atoms. The van der Waals surface area contributed by atoms with E-state index in [2.05, 4.69) is 15.5 Å². The Balaban J connectivity index is 1.77. The first kappa shape index (κ1) is 14.7. The third-order valence-electron chi connectivity index (χ3n) is 3.48. The summed E-state index contributed by atoms with van der Waals surface area (Å²) >= 11 is 0. The van der Waals surface area contributed by atoms with Crippen molar-refractivity contribution in [1.82, 2.24) is 10.4 Å². The molecule has 0 saturated carbocycles. The highest BCUT2D eigenvalue weighted by atomic mass is 16.2. The van der Waals surface area contributed by atoms with Crippen molar-refractivity contribution in [2.24, 2.45) is 5.10 Å². The van der Waals surface area contributed by atoms with Crippen molar-refractivity contribution in [3.63, 3.8) is 0 Å². The number of rotatable bonds is 3. The molecule has 1 aromatic heterocycles. The van der Waals surface area contributed by atoms with Gasteiger partial charge in [-0.1, -0.05) is 36.4 Å². The maximum absolute atomic E-state index is 12.2. The Morgan fingerprint density at radius 3 is 2.57 bits per heavy atom. The molecule has 114 valence electrons. The number of hydrogen-bond acceptors (Lipinski definition) is 4. The molecule has 0 aliphatic rings. The number of hydrazone groups is 1. The molecule has 0 atom stereocenters. The first-order valence-electron chi connectivity index (χ1n) is 7.20. The van der Waals surface area contributed by atoms with Crippen molar-refractivity contribution in [2.75, 3.05) is 5.73 Å². The van der Waals surface area contributed by atoms with E-state index in [1.165, 1.54) is 0 Å². The van der Waals surface area contributed by atoms with Crippen molar-refractivity contribution in [3.05, 3.63) is 71.9 Å². The Morgan fingerprint density at radius 1 is 1.04 bits per heavy atom. The molecule has 5 nitrogen and oxygen atoms in total. The Morgan fingerprint density at radius 2 is 1.78 bits per heavy atom. The standard InChI is InChI=1S/C18H16N4O/c1-12(13-6-9-15(19)10-7-13)21-22-18(23)17-11-8-14-4-2-3-5-16(14)20-17/h2-11H,19H2,1H3,(H,22,23). The van der Waals surface area contributed by atoms with Crippen molar-refractivity contribution in [3.8, 4) is 0 Å². The number of hydrogen-bond donors (Lipinski definition) is 2. The van der Waals surface area contributed by atoms with Gasteiger partial charge >= 0.3 is 0 Å². The zero-order valence-electron chi connectivity index (χ0n) is 12.7. The van der Waals surface area contributed by atoms with Crippen LogP contribution >= 0.6 is 0 Å². The third-order valence-corrected chi connectivity index (χ3v) is 3.48. The van der Waals surface area contributed by atoms with E-state index in [1.807, 2.05) is 49.4 Å². The summed E-state index contributed by atoms with van der Waals surface area (Å²) < 4.78 is 0. The van der Waals surface area contributed by atoms with E-state index >= 15 is 0 Å². The number of nitrogens with zero attached hydrogens (tertiary/aromatic N) is 2. The summed E-state index contributed by atoms with van der Waals surface area (Å²) in [6.45, 7) is 1.82. The number of benzene rings is 2. The van der Waals surface area contributed by atoms with Crippen LogP contribution in [0.1, 0.15) is 23.0 Å². The molecule has 0 saturated heterocycles. The van der Waals surface area contributed by atoms with Crippen LogP contribution in [0.5, 0.6) is 0 Å². The van der Waals surface area contributed by atoms with E-state index in [0.717, 1.165) is 16.5 Å². The molecule has 0 radical (unpaired) electrons.